The molecule has 0 aliphatic heterocycles. The first-order valence-electron chi connectivity index (χ1n) is 6.14. The van der Waals surface area contributed by atoms with Crippen LogP contribution in [0.3, 0.4) is 0 Å². The zero-order chi connectivity index (χ0) is 13.6. The molecule has 3 N–H and O–H groups in total. The molecule has 0 spiro atoms. The highest BCUT2D eigenvalue weighted by molar-refractivity contribution is 9.10. The number of aliphatic hydroxyl groups excluding tert-OH is 1. The predicted octanol–water partition coefficient (Wildman–Crippen LogP) is 2.63. The van der Waals surface area contributed by atoms with E-state index in [-0.39, 0.29) is 12.1 Å². The fourth-order valence-electron chi connectivity index (χ4n) is 1.44. The van der Waals surface area contributed by atoms with Crippen molar-refractivity contribution < 1.29 is 5.11 Å². The molecule has 1 rings (SSSR count). The van der Waals surface area contributed by atoms with Crippen molar-refractivity contribution in [2.75, 3.05) is 23.8 Å². The van der Waals surface area contributed by atoms with Crippen molar-refractivity contribution in [1.29, 1.82) is 0 Å². The van der Waals surface area contributed by atoms with Gasteiger partial charge in [0.2, 0.25) is 5.95 Å². The summed E-state index contributed by atoms with van der Waals surface area (Å²) >= 11 is 3.42. The molecule has 6 heteroatoms. The van der Waals surface area contributed by atoms with Crippen LogP contribution in [-0.2, 0) is 0 Å². The van der Waals surface area contributed by atoms with Crippen LogP contribution < -0.4 is 10.6 Å². The molecule has 1 heterocycles. The van der Waals surface area contributed by atoms with Crippen LogP contribution in [0.25, 0.3) is 0 Å². The van der Waals surface area contributed by atoms with E-state index >= 15 is 0 Å². The Hall–Kier alpha value is -0.880. The lowest BCUT2D eigenvalue weighted by atomic mass is 10.0. The third kappa shape index (κ3) is 4.78. The Bertz CT molecular complexity index is 384. The van der Waals surface area contributed by atoms with Gasteiger partial charge in [-0.05, 0) is 42.6 Å². The third-order valence-electron chi connectivity index (χ3n) is 2.47. The van der Waals surface area contributed by atoms with Crippen molar-refractivity contribution in [2.24, 2.45) is 0 Å². The molecule has 0 amide bonds. The lowest BCUT2D eigenvalue weighted by Gasteiger charge is -2.26. The van der Waals surface area contributed by atoms with Gasteiger partial charge in [-0.25, -0.2) is 4.98 Å². The molecule has 0 aliphatic rings. The molecule has 5 nitrogen and oxygen atoms in total. The van der Waals surface area contributed by atoms with Gasteiger partial charge < -0.3 is 15.7 Å². The first kappa shape index (κ1) is 15.2. The van der Waals surface area contributed by atoms with E-state index < -0.39 is 0 Å². The summed E-state index contributed by atoms with van der Waals surface area (Å²) in [6, 6.07) is 0. The van der Waals surface area contributed by atoms with Gasteiger partial charge in [-0.2, -0.15) is 4.98 Å². The van der Waals surface area contributed by atoms with Crippen molar-refractivity contribution in [3.05, 3.63) is 10.7 Å². The van der Waals surface area contributed by atoms with Crippen LogP contribution in [0.2, 0.25) is 0 Å². The third-order valence-corrected chi connectivity index (χ3v) is 3.05. The Morgan fingerprint density at radius 2 is 2.17 bits per heavy atom. The molecule has 1 aromatic rings. The fraction of sp³-hybridized carbons (Fsp3) is 0.667. The summed E-state index contributed by atoms with van der Waals surface area (Å²) in [7, 11) is 0. The first-order valence-corrected chi connectivity index (χ1v) is 6.93. The van der Waals surface area contributed by atoms with Crippen LogP contribution in [0.5, 0.6) is 0 Å². The smallest absolute Gasteiger partial charge is 0.224 e. The van der Waals surface area contributed by atoms with Crippen LogP contribution in [0.4, 0.5) is 11.8 Å². The molecule has 0 atom stereocenters. The Labute approximate surface area is 117 Å². The molecule has 0 radical (unpaired) electrons. The zero-order valence-electron chi connectivity index (χ0n) is 11.1. The van der Waals surface area contributed by atoms with E-state index in [1.807, 2.05) is 13.8 Å². The fourth-order valence-corrected chi connectivity index (χ4v) is 1.73. The van der Waals surface area contributed by atoms with E-state index in [4.69, 9.17) is 5.11 Å². The number of hydrogen-bond acceptors (Lipinski definition) is 5. The van der Waals surface area contributed by atoms with Crippen molar-refractivity contribution in [2.45, 2.75) is 39.2 Å². The topological polar surface area (TPSA) is 70.1 Å². The molecule has 1 aromatic heterocycles. The Morgan fingerprint density at radius 1 is 1.44 bits per heavy atom. The molecule has 0 aliphatic carbocycles. The lowest BCUT2D eigenvalue weighted by Crippen LogP contribution is -2.32. The zero-order valence-corrected chi connectivity index (χ0v) is 12.7. The quantitative estimate of drug-likeness (QED) is 0.721. The van der Waals surface area contributed by atoms with Crippen LogP contribution in [0.1, 0.15) is 33.6 Å². The van der Waals surface area contributed by atoms with Gasteiger partial charge in [0.15, 0.2) is 0 Å². The highest BCUT2D eigenvalue weighted by Gasteiger charge is 2.19. The minimum Gasteiger partial charge on any atom is -0.396 e. The molecule has 0 fully saturated rings. The van der Waals surface area contributed by atoms with Crippen molar-refractivity contribution in [3.63, 3.8) is 0 Å². The summed E-state index contributed by atoms with van der Waals surface area (Å²) in [5, 5.41) is 15.5. The number of nitrogens with one attached hydrogen (secondary N) is 2. The van der Waals surface area contributed by atoms with Gasteiger partial charge in [-0.15, -0.1) is 0 Å². The molecule has 18 heavy (non-hydrogen) atoms. The van der Waals surface area contributed by atoms with Crippen LogP contribution in [0, 0.1) is 0 Å². The van der Waals surface area contributed by atoms with Crippen LogP contribution >= 0.6 is 15.9 Å². The maximum absolute atomic E-state index is 9.02. The highest BCUT2D eigenvalue weighted by atomic mass is 79.9. The van der Waals surface area contributed by atoms with Gasteiger partial charge in [0, 0.05) is 24.9 Å². The predicted molar refractivity (Wildman–Crippen MR) is 77.9 cm³/mol. The first-order chi connectivity index (χ1) is 8.48. The van der Waals surface area contributed by atoms with Crippen molar-refractivity contribution in [3.8, 4) is 0 Å². The molecular weight excluding hydrogens is 296 g/mol. The van der Waals surface area contributed by atoms with Crippen molar-refractivity contribution >= 4 is 27.7 Å². The second-order valence-electron chi connectivity index (χ2n) is 4.80. The second kappa shape index (κ2) is 6.89. The van der Waals surface area contributed by atoms with Crippen LogP contribution in [0.15, 0.2) is 10.7 Å². The van der Waals surface area contributed by atoms with E-state index in [0.29, 0.717) is 12.4 Å². The summed E-state index contributed by atoms with van der Waals surface area (Å²) in [5.41, 5.74) is -0.215. The van der Waals surface area contributed by atoms with Gasteiger partial charge in [0.05, 0.1) is 4.47 Å². The maximum atomic E-state index is 9.02. The molecule has 0 saturated carbocycles. The average Bonchev–Trinajstić information content (AvgIpc) is 2.29. The number of halogens is 1. The van der Waals surface area contributed by atoms with E-state index in [1.54, 1.807) is 6.20 Å². The monoisotopic (exact) mass is 316 g/mol. The lowest BCUT2D eigenvalue weighted by molar-refractivity contribution is 0.260. The van der Waals surface area contributed by atoms with Crippen LogP contribution in [-0.4, -0.2) is 33.8 Å². The van der Waals surface area contributed by atoms with Gasteiger partial charge >= 0.3 is 0 Å². The summed E-state index contributed by atoms with van der Waals surface area (Å²) in [6.07, 6.45) is 3.40. The molecule has 0 saturated heterocycles. The van der Waals surface area contributed by atoms with Gasteiger partial charge in [0.25, 0.3) is 0 Å². The molecule has 0 aromatic carbocycles. The summed E-state index contributed by atoms with van der Waals surface area (Å²) in [6.45, 7) is 7.13. The second-order valence-corrected chi connectivity index (χ2v) is 5.65. The Morgan fingerprint density at radius 3 is 2.78 bits per heavy atom. The van der Waals surface area contributed by atoms with E-state index in [0.717, 1.165) is 23.3 Å². The number of aliphatic hydroxyl groups is 1. The number of aromatic nitrogens is 2. The van der Waals surface area contributed by atoms with E-state index in [2.05, 4.69) is 43.5 Å². The minimum absolute atomic E-state index is 0.143. The SMILES string of the molecule is CCCNc1ncc(Br)c(NC(C)(C)CCO)n1. The van der Waals surface area contributed by atoms with Crippen molar-refractivity contribution in [1.82, 2.24) is 9.97 Å². The Balaban J connectivity index is 2.80. The number of hydrogen-bond donors (Lipinski definition) is 3. The summed E-state index contributed by atoms with van der Waals surface area (Å²) in [4.78, 5) is 8.61. The number of anilines is 2. The van der Waals surface area contributed by atoms with E-state index in [1.165, 1.54) is 0 Å². The van der Waals surface area contributed by atoms with Gasteiger partial charge in [-0.3, -0.25) is 0 Å². The molecule has 0 bridgehead atoms. The normalized spacial score (nSPS) is 11.4. The largest absolute Gasteiger partial charge is 0.396 e. The average molecular weight is 317 g/mol. The summed E-state index contributed by atoms with van der Waals surface area (Å²) < 4.78 is 0.815. The van der Waals surface area contributed by atoms with Gasteiger partial charge in [-0.1, -0.05) is 6.92 Å². The molecular formula is C12H21BrN4O. The minimum atomic E-state index is -0.215. The Kier molecular flexibility index (Phi) is 5.81. The highest BCUT2D eigenvalue weighted by Crippen LogP contribution is 2.24. The van der Waals surface area contributed by atoms with Gasteiger partial charge in [0.1, 0.15) is 5.82 Å². The summed E-state index contributed by atoms with van der Waals surface area (Å²) in [5.74, 6) is 1.35. The maximum Gasteiger partial charge on any atom is 0.224 e. The van der Waals surface area contributed by atoms with E-state index in [9.17, 15) is 0 Å². The molecule has 102 valence electrons. The number of nitrogens with zero attached hydrogens (tertiary/aromatic N) is 2. The molecule has 0 unspecified atom stereocenters. The standard InChI is InChI=1S/C12H21BrN4O/c1-4-6-14-11-15-8-9(13)10(16-11)17-12(2,3)5-7-18/h8,18H,4-7H2,1-3H3,(H2,14,15,16,17). The number of rotatable bonds is 7.